The molecule has 1 heterocycles. The summed E-state index contributed by atoms with van der Waals surface area (Å²) in [6.07, 6.45) is 2.48. The molecule has 0 spiro atoms. The highest BCUT2D eigenvalue weighted by Gasteiger charge is 2.16. The van der Waals surface area contributed by atoms with E-state index in [9.17, 15) is 10.1 Å². The monoisotopic (exact) mass is 271 g/mol. The summed E-state index contributed by atoms with van der Waals surface area (Å²) in [4.78, 5) is 10.5. The van der Waals surface area contributed by atoms with Gasteiger partial charge in [-0.25, -0.2) is 0 Å². The van der Waals surface area contributed by atoms with Crippen LogP contribution in [0.5, 0.6) is 5.75 Å². The number of nitro groups is 1. The molecule has 0 saturated carbocycles. The molecule has 0 aliphatic rings. The molecule has 0 aliphatic carbocycles. The second-order valence-electron chi connectivity index (χ2n) is 4.13. The molecule has 0 aliphatic heterocycles. The van der Waals surface area contributed by atoms with Crippen LogP contribution in [0.3, 0.4) is 0 Å². The Morgan fingerprint density at radius 2 is 2.25 bits per heavy atom. The molecule has 0 bridgehead atoms. The number of aromatic nitrogens is 1. The molecule has 2 aromatic rings. The van der Waals surface area contributed by atoms with Gasteiger partial charge in [0.1, 0.15) is 11.8 Å². The third kappa shape index (κ3) is 2.62. The standard InChI is InChI=1S/C14H13N3O3/c1-2-8-20-14-9-11(5-6-13(14)17(18)19)16-7-3-4-12(16)10-15/h3-7,9H,2,8H2,1H3. The van der Waals surface area contributed by atoms with Gasteiger partial charge in [-0.15, -0.1) is 0 Å². The van der Waals surface area contributed by atoms with Gasteiger partial charge in [-0.3, -0.25) is 10.1 Å². The Kier molecular flexibility index (Phi) is 4.01. The van der Waals surface area contributed by atoms with E-state index >= 15 is 0 Å². The molecule has 0 fully saturated rings. The molecule has 0 unspecified atom stereocenters. The van der Waals surface area contributed by atoms with Gasteiger partial charge in [-0.2, -0.15) is 5.26 Å². The van der Waals surface area contributed by atoms with Crippen molar-refractivity contribution in [3.05, 3.63) is 52.3 Å². The fourth-order valence-electron chi connectivity index (χ4n) is 1.83. The first-order chi connectivity index (χ1) is 9.67. The molecule has 0 saturated heterocycles. The Morgan fingerprint density at radius 1 is 1.45 bits per heavy atom. The van der Waals surface area contributed by atoms with Crippen molar-refractivity contribution < 1.29 is 9.66 Å². The molecule has 0 atom stereocenters. The normalized spacial score (nSPS) is 10.0. The van der Waals surface area contributed by atoms with Crippen molar-refractivity contribution in [1.82, 2.24) is 4.57 Å². The van der Waals surface area contributed by atoms with E-state index < -0.39 is 4.92 Å². The summed E-state index contributed by atoms with van der Waals surface area (Å²) in [5.41, 5.74) is 1.04. The van der Waals surface area contributed by atoms with Gasteiger partial charge in [0.05, 0.1) is 17.2 Å². The molecule has 1 aromatic carbocycles. The molecule has 6 heteroatoms. The van der Waals surface area contributed by atoms with Gasteiger partial charge >= 0.3 is 5.69 Å². The van der Waals surface area contributed by atoms with E-state index in [-0.39, 0.29) is 11.4 Å². The van der Waals surface area contributed by atoms with Crippen LogP contribution in [0.15, 0.2) is 36.5 Å². The Balaban J connectivity index is 2.47. The Hall–Kier alpha value is -2.81. The topological polar surface area (TPSA) is 81.1 Å². The van der Waals surface area contributed by atoms with Crippen LogP contribution in [0, 0.1) is 21.4 Å². The van der Waals surface area contributed by atoms with Gasteiger partial charge in [-0.05, 0) is 24.6 Å². The predicted octanol–water partition coefficient (Wildman–Crippen LogP) is 3.05. The van der Waals surface area contributed by atoms with Crippen molar-refractivity contribution in [1.29, 1.82) is 5.26 Å². The molecule has 1 aromatic heterocycles. The van der Waals surface area contributed by atoms with Crippen molar-refractivity contribution in [2.75, 3.05) is 6.61 Å². The lowest BCUT2D eigenvalue weighted by Crippen LogP contribution is -2.02. The van der Waals surface area contributed by atoms with E-state index in [4.69, 9.17) is 10.00 Å². The lowest BCUT2D eigenvalue weighted by atomic mass is 10.2. The molecule has 2 rings (SSSR count). The number of hydrogen-bond acceptors (Lipinski definition) is 4. The Bertz CT molecular complexity index is 671. The number of nitro benzene ring substituents is 1. The summed E-state index contributed by atoms with van der Waals surface area (Å²) in [5.74, 6) is 0.215. The summed E-state index contributed by atoms with van der Waals surface area (Å²) in [7, 11) is 0. The first kappa shape index (κ1) is 13.6. The van der Waals surface area contributed by atoms with E-state index in [0.29, 0.717) is 18.0 Å². The largest absolute Gasteiger partial charge is 0.487 e. The highest BCUT2D eigenvalue weighted by atomic mass is 16.6. The smallest absolute Gasteiger partial charge is 0.311 e. The molecule has 0 amide bonds. The van der Waals surface area contributed by atoms with Gasteiger partial charge in [0, 0.05) is 18.3 Å². The number of benzene rings is 1. The number of nitriles is 1. The van der Waals surface area contributed by atoms with Crippen LogP contribution in [-0.4, -0.2) is 16.1 Å². The average molecular weight is 271 g/mol. The van der Waals surface area contributed by atoms with Crippen LogP contribution in [0.4, 0.5) is 5.69 Å². The number of nitrogens with zero attached hydrogens (tertiary/aromatic N) is 3. The molecule has 0 N–H and O–H groups in total. The van der Waals surface area contributed by atoms with Crippen LogP contribution >= 0.6 is 0 Å². The summed E-state index contributed by atoms with van der Waals surface area (Å²) in [5, 5.41) is 20.0. The van der Waals surface area contributed by atoms with Gasteiger partial charge < -0.3 is 9.30 Å². The summed E-state index contributed by atoms with van der Waals surface area (Å²) in [6, 6.07) is 10.0. The highest BCUT2D eigenvalue weighted by molar-refractivity contribution is 5.54. The van der Waals surface area contributed by atoms with E-state index in [2.05, 4.69) is 6.07 Å². The Morgan fingerprint density at radius 3 is 2.90 bits per heavy atom. The number of rotatable bonds is 5. The zero-order valence-electron chi connectivity index (χ0n) is 10.9. The minimum absolute atomic E-state index is 0.0761. The molecule has 102 valence electrons. The van der Waals surface area contributed by atoms with Crippen molar-refractivity contribution >= 4 is 5.69 Å². The van der Waals surface area contributed by atoms with Crippen LogP contribution < -0.4 is 4.74 Å². The van der Waals surface area contributed by atoms with Gasteiger partial charge in [0.2, 0.25) is 0 Å². The molecular formula is C14H13N3O3. The van der Waals surface area contributed by atoms with Crippen molar-refractivity contribution in [2.45, 2.75) is 13.3 Å². The lowest BCUT2D eigenvalue weighted by Gasteiger charge is -2.09. The van der Waals surface area contributed by atoms with Gasteiger partial charge in [-0.1, -0.05) is 6.92 Å². The third-order valence-corrected chi connectivity index (χ3v) is 2.74. The van der Waals surface area contributed by atoms with Crippen LogP contribution in [0.25, 0.3) is 5.69 Å². The predicted molar refractivity (Wildman–Crippen MR) is 72.9 cm³/mol. The SMILES string of the molecule is CCCOc1cc(-n2cccc2C#N)ccc1[N+](=O)[O-]. The Labute approximate surface area is 116 Å². The van der Waals surface area contributed by atoms with E-state index in [1.165, 1.54) is 6.07 Å². The minimum atomic E-state index is -0.477. The van der Waals surface area contributed by atoms with Gasteiger partial charge in [0.25, 0.3) is 0 Å². The van der Waals surface area contributed by atoms with Crippen LogP contribution in [0.1, 0.15) is 19.0 Å². The summed E-state index contributed by atoms with van der Waals surface area (Å²) >= 11 is 0. The summed E-state index contributed by atoms with van der Waals surface area (Å²) < 4.78 is 7.08. The second-order valence-corrected chi connectivity index (χ2v) is 4.13. The molecular weight excluding hydrogens is 258 g/mol. The quantitative estimate of drug-likeness (QED) is 0.618. The lowest BCUT2D eigenvalue weighted by molar-refractivity contribution is -0.385. The minimum Gasteiger partial charge on any atom is -0.487 e. The van der Waals surface area contributed by atoms with Crippen LogP contribution in [-0.2, 0) is 0 Å². The van der Waals surface area contributed by atoms with Crippen molar-refractivity contribution in [3.63, 3.8) is 0 Å². The van der Waals surface area contributed by atoms with Crippen molar-refractivity contribution in [2.24, 2.45) is 0 Å². The number of hydrogen-bond donors (Lipinski definition) is 0. The third-order valence-electron chi connectivity index (χ3n) is 2.74. The number of ether oxygens (including phenoxy) is 1. The fourth-order valence-corrected chi connectivity index (χ4v) is 1.83. The molecule has 6 nitrogen and oxygen atoms in total. The highest BCUT2D eigenvalue weighted by Crippen LogP contribution is 2.30. The van der Waals surface area contributed by atoms with E-state index in [1.807, 2.05) is 6.92 Å². The summed E-state index contributed by atoms with van der Waals surface area (Å²) in [6.45, 7) is 2.33. The fraction of sp³-hybridized carbons (Fsp3) is 0.214. The molecule has 0 radical (unpaired) electrons. The second kappa shape index (κ2) is 5.89. The van der Waals surface area contributed by atoms with E-state index in [0.717, 1.165) is 6.42 Å². The average Bonchev–Trinajstić information content (AvgIpc) is 2.93. The first-order valence-corrected chi connectivity index (χ1v) is 6.16. The molecule has 20 heavy (non-hydrogen) atoms. The maximum Gasteiger partial charge on any atom is 0.311 e. The van der Waals surface area contributed by atoms with E-state index in [1.54, 1.807) is 35.0 Å². The maximum atomic E-state index is 11.0. The maximum absolute atomic E-state index is 11.0. The first-order valence-electron chi connectivity index (χ1n) is 6.16. The zero-order valence-corrected chi connectivity index (χ0v) is 10.9. The van der Waals surface area contributed by atoms with Crippen LogP contribution in [0.2, 0.25) is 0 Å². The van der Waals surface area contributed by atoms with Crippen molar-refractivity contribution in [3.8, 4) is 17.5 Å². The van der Waals surface area contributed by atoms with Gasteiger partial charge in [0.15, 0.2) is 5.75 Å². The zero-order chi connectivity index (χ0) is 14.5.